The highest BCUT2D eigenvalue weighted by atomic mass is 16.5. The van der Waals surface area contributed by atoms with Crippen molar-refractivity contribution in [2.75, 3.05) is 37.4 Å². The number of pyridine rings is 2. The zero-order chi connectivity index (χ0) is 25.3. The molecule has 2 unspecified atom stereocenters. The van der Waals surface area contributed by atoms with Crippen LogP contribution < -0.4 is 22.1 Å². The van der Waals surface area contributed by atoms with Gasteiger partial charge in [-0.3, -0.25) is 19.7 Å². The van der Waals surface area contributed by atoms with Crippen molar-refractivity contribution in [3.8, 4) is 0 Å². The number of nitrogen functional groups attached to an aromatic ring is 1. The van der Waals surface area contributed by atoms with Gasteiger partial charge in [0.15, 0.2) is 0 Å². The van der Waals surface area contributed by atoms with Crippen molar-refractivity contribution >= 4 is 23.3 Å². The summed E-state index contributed by atoms with van der Waals surface area (Å²) < 4.78 is 5.53. The van der Waals surface area contributed by atoms with Crippen LogP contribution in [0, 0.1) is 0 Å². The topological polar surface area (TPSA) is 148 Å². The van der Waals surface area contributed by atoms with E-state index in [0.29, 0.717) is 31.0 Å². The minimum absolute atomic E-state index is 0.120. The lowest BCUT2D eigenvalue weighted by molar-refractivity contribution is 0.0132. The van der Waals surface area contributed by atoms with Crippen molar-refractivity contribution in [2.24, 2.45) is 5.73 Å². The number of nitrogens with two attached hydrogens (primary N) is 2. The summed E-state index contributed by atoms with van der Waals surface area (Å²) in [5.74, 6) is -0.372. The Morgan fingerprint density at radius 3 is 2.47 bits per heavy atom. The fourth-order valence-electron chi connectivity index (χ4n) is 4.38. The van der Waals surface area contributed by atoms with E-state index in [1.807, 2.05) is 12.3 Å². The van der Waals surface area contributed by atoms with E-state index in [9.17, 15) is 9.59 Å². The summed E-state index contributed by atoms with van der Waals surface area (Å²) in [5, 5.41) is 5.59. The molecule has 1 fully saturated rings. The second-order valence-electron chi connectivity index (χ2n) is 8.61. The molecule has 2 aromatic heterocycles. The zero-order valence-electron chi connectivity index (χ0n) is 20.0. The first-order chi connectivity index (χ1) is 17.5. The number of amides is 3. The Bertz CT molecular complexity index is 1150. The number of nitrogens with one attached hydrogen (secondary N) is 2. The van der Waals surface area contributed by atoms with Crippen molar-refractivity contribution in [3.05, 3.63) is 83.9 Å². The van der Waals surface area contributed by atoms with Crippen LogP contribution in [0.4, 0.5) is 16.2 Å². The van der Waals surface area contributed by atoms with Crippen LogP contribution in [-0.2, 0) is 4.74 Å². The summed E-state index contributed by atoms with van der Waals surface area (Å²) in [6, 6.07) is 13.6. The highest BCUT2D eigenvalue weighted by molar-refractivity contribution is 6.04. The molecule has 3 heterocycles. The summed E-state index contributed by atoms with van der Waals surface area (Å²) >= 11 is 0. The van der Waals surface area contributed by atoms with Crippen molar-refractivity contribution < 1.29 is 14.3 Å². The van der Waals surface area contributed by atoms with Gasteiger partial charge in [0.2, 0.25) is 0 Å². The van der Waals surface area contributed by atoms with Crippen molar-refractivity contribution in [1.82, 2.24) is 20.2 Å². The number of nitrogens with zero attached hydrogens (tertiary/aromatic N) is 3. The Hall–Kier alpha value is -4.02. The van der Waals surface area contributed by atoms with Crippen LogP contribution in [0.2, 0.25) is 0 Å². The first kappa shape index (κ1) is 25.1. The van der Waals surface area contributed by atoms with E-state index in [-0.39, 0.29) is 23.7 Å². The molecule has 36 heavy (non-hydrogen) atoms. The maximum Gasteiger partial charge on any atom is 0.312 e. The normalized spacial score (nSPS) is 15.6. The van der Waals surface area contributed by atoms with Crippen molar-refractivity contribution in [1.29, 1.82) is 0 Å². The van der Waals surface area contributed by atoms with E-state index < -0.39 is 6.03 Å². The Morgan fingerprint density at radius 2 is 1.81 bits per heavy atom. The van der Waals surface area contributed by atoms with Gasteiger partial charge in [-0.25, -0.2) is 4.79 Å². The number of aromatic nitrogens is 2. The summed E-state index contributed by atoms with van der Waals surface area (Å²) in [7, 11) is 0. The molecule has 0 bridgehead atoms. The highest BCUT2D eigenvalue weighted by Crippen LogP contribution is 2.30. The predicted molar refractivity (Wildman–Crippen MR) is 137 cm³/mol. The smallest absolute Gasteiger partial charge is 0.312 e. The number of carbonyl (C=O) groups excluding carboxylic acids is 2. The molecule has 0 spiro atoms. The van der Waals surface area contributed by atoms with Crippen molar-refractivity contribution in [3.63, 3.8) is 0 Å². The van der Waals surface area contributed by atoms with Crippen molar-refractivity contribution in [2.45, 2.75) is 24.9 Å². The molecule has 188 valence electrons. The molecule has 0 radical (unpaired) electrons. The lowest BCUT2D eigenvalue weighted by Crippen LogP contribution is -2.40. The van der Waals surface area contributed by atoms with Crippen LogP contribution in [0.25, 0.3) is 0 Å². The standard InChI is InChI=1S/C26H31N7O3/c27-20-5-1-2-6-22(20)31-25(34)23-8-7-18(17-30-23)21(32-26(28)35)9-10-24(19-4-3-11-29-16-19)33-12-14-36-15-13-33/h1-8,11,16-17,21,24H,9-10,12-15,27H2,(H,31,34)(H3,28,32,35). The second kappa shape index (κ2) is 12.1. The molecule has 3 amide bonds. The summed E-state index contributed by atoms with van der Waals surface area (Å²) in [6.07, 6.45) is 6.61. The number of benzene rings is 1. The maximum absolute atomic E-state index is 12.6. The number of ether oxygens (including phenoxy) is 1. The number of hydrogen-bond acceptors (Lipinski definition) is 7. The lowest BCUT2D eigenvalue weighted by atomic mass is 9.95. The number of rotatable bonds is 9. The molecule has 0 aliphatic carbocycles. The number of hydrogen-bond donors (Lipinski definition) is 4. The Balaban J connectivity index is 1.47. The maximum atomic E-state index is 12.6. The van der Waals surface area contributed by atoms with Gasteiger partial charge in [-0.1, -0.05) is 24.3 Å². The number of carbonyl (C=O) groups is 2. The van der Waals surface area contributed by atoms with Crippen LogP contribution in [0.15, 0.2) is 67.1 Å². The fraction of sp³-hybridized carbons (Fsp3) is 0.308. The third-order valence-electron chi connectivity index (χ3n) is 6.23. The van der Waals surface area contributed by atoms with Crippen LogP contribution in [0.1, 0.15) is 46.5 Å². The number of anilines is 2. The van der Waals surface area contributed by atoms with E-state index in [1.54, 1.807) is 48.8 Å². The Labute approximate surface area is 210 Å². The average molecular weight is 490 g/mol. The largest absolute Gasteiger partial charge is 0.397 e. The van der Waals surface area contributed by atoms with Crippen LogP contribution in [0.5, 0.6) is 0 Å². The molecule has 1 aliphatic heterocycles. The minimum Gasteiger partial charge on any atom is -0.397 e. The van der Waals surface area contributed by atoms with Gasteiger partial charge in [0.25, 0.3) is 5.91 Å². The SMILES string of the molecule is NC(=O)NC(CCC(c1cccnc1)N1CCOCC1)c1ccc(C(=O)Nc2ccccc2N)nc1. The molecule has 3 aromatic rings. The lowest BCUT2D eigenvalue weighted by Gasteiger charge is -2.35. The van der Waals surface area contributed by atoms with E-state index in [4.69, 9.17) is 16.2 Å². The predicted octanol–water partition coefficient (Wildman–Crippen LogP) is 2.87. The van der Waals surface area contributed by atoms with Gasteiger partial charge in [0, 0.05) is 37.7 Å². The monoisotopic (exact) mass is 489 g/mol. The van der Waals surface area contributed by atoms with E-state index >= 15 is 0 Å². The molecule has 1 aliphatic rings. The van der Waals surface area contributed by atoms with E-state index in [2.05, 4.69) is 31.6 Å². The quantitative estimate of drug-likeness (QED) is 0.338. The van der Waals surface area contributed by atoms with Gasteiger partial charge in [-0.2, -0.15) is 0 Å². The molecular weight excluding hydrogens is 458 g/mol. The van der Waals surface area contributed by atoms with Gasteiger partial charge in [0.1, 0.15) is 5.69 Å². The first-order valence-electron chi connectivity index (χ1n) is 11.9. The van der Waals surface area contributed by atoms with E-state index in [0.717, 1.165) is 30.6 Å². The number of urea groups is 1. The molecule has 2 atom stereocenters. The molecule has 0 saturated carbocycles. The zero-order valence-corrected chi connectivity index (χ0v) is 20.0. The van der Waals surface area contributed by atoms with Gasteiger partial charge in [0.05, 0.1) is 30.6 Å². The Kier molecular flexibility index (Phi) is 8.43. The molecule has 6 N–H and O–H groups in total. The molecule has 4 rings (SSSR count). The van der Waals surface area contributed by atoms with Gasteiger partial charge in [-0.15, -0.1) is 0 Å². The van der Waals surface area contributed by atoms with Gasteiger partial charge >= 0.3 is 6.03 Å². The number of primary amides is 1. The molecule has 10 nitrogen and oxygen atoms in total. The first-order valence-corrected chi connectivity index (χ1v) is 11.9. The number of morpholine rings is 1. The second-order valence-corrected chi connectivity index (χ2v) is 8.61. The molecular formula is C26H31N7O3. The molecule has 10 heteroatoms. The summed E-state index contributed by atoms with van der Waals surface area (Å²) in [4.78, 5) is 35.4. The van der Waals surface area contributed by atoms with E-state index in [1.165, 1.54) is 0 Å². The third-order valence-corrected chi connectivity index (χ3v) is 6.23. The number of para-hydroxylation sites is 2. The third kappa shape index (κ3) is 6.55. The summed E-state index contributed by atoms with van der Waals surface area (Å²) in [5.41, 5.74) is 14.5. The van der Waals surface area contributed by atoms with Crippen LogP contribution in [-0.4, -0.2) is 53.1 Å². The molecule has 1 aromatic carbocycles. The fourth-order valence-corrected chi connectivity index (χ4v) is 4.38. The minimum atomic E-state index is -0.620. The van der Waals surface area contributed by atoms with Gasteiger partial charge in [-0.05, 0) is 48.2 Å². The van der Waals surface area contributed by atoms with Crippen LogP contribution in [0.3, 0.4) is 0 Å². The highest BCUT2D eigenvalue weighted by Gasteiger charge is 2.25. The van der Waals surface area contributed by atoms with Crippen LogP contribution >= 0.6 is 0 Å². The van der Waals surface area contributed by atoms with Gasteiger partial charge < -0.3 is 26.8 Å². The average Bonchev–Trinajstić information content (AvgIpc) is 2.90. The summed E-state index contributed by atoms with van der Waals surface area (Å²) in [6.45, 7) is 3.01. The molecule has 1 saturated heterocycles. The Morgan fingerprint density at radius 1 is 1.00 bits per heavy atom.